The van der Waals surface area contributed by atoms with Gasteiger partial charge in [0, 0.05) is 36.5 Å². The molecular weight excluding hydrogens is 226 g/mol. The van der Waals surface area contributed by atoms with E-state index in [1.807, 2.05) is 18.2 Å². The maximum Gasteiger partial charge on any atom is 0.178 e. The molecule has 5 nitrogen and oxygen atoms in total. The van der Waals surface area contributed by atoms with Crippen LogP contribution in [0.25, 0.3) is 22.8 Å². The van der Waals surface area contributed by atoms with Crippen LogP contribution in [0.3, 0.4) is 0 Å². The zero-order valence-electron chi connectivity index (χ0n) is 9.43. The maximum atomic E-state index is 4.28. The average Bonchev–Trinajstić information content (AvgIpc) is 2.49. The minimum atomic E-state index is 0.600. The summed E-state index contributed by atoms with van der Waals surface area (Å²) in [4.78, 5) is 21.0. The Hall–Kier alpha value is -2.69. The molecule has 18 heavy (non-hydrogen) atoms. The Kier molecular flexibility index (Phi) is 2.71. The number of nitrogens with zero attached hydrogens (tertiary/aromatic N) is 5. The van der Waals surface area contributed by atoms with E-state index in [4.69, 9.17) is 0 Å². The van der Waals surface area contributed by atoms with Crippen molar-refractivity contribution in [1.82, 2.24) is 24.9 Å². The highest BCUT2D eigenvalue weighted by Gasteiger charge is 2.04. The molecule has 0 spiro atoms. The molecule has 0 saturated heterocycles. The summed E-state index contributed by atoms with van der Waals surface area (Å²) in [5, 5.41) is 0. The van der Waals surface area contributed by atoms with Gasteiger partial charge in [-0.2, -0.15) is 0 Å². The lowest BCUT2D eigenvalue weighted by atomic mass is 10.2. The Morgan fingerprint density at radius 2 is 1.50 bits per heavy atom. The van der Waals surface area contributed by atoms with E-state index in [0.717, 1.165) is 17.0 Å². The predicted octanol–water partition coefficient (Wildman–Crippen LogP) is 2.00. The minimum Gasteiger partial charge on any atom is -0.261 e. The minimum absolute atomic E-state index is 0.600. The smallest absolute Gasteiger partial charge is 0.178 e. The monoisotopic (exact) mass is 235 g/mol. The standard InChI is InChI=1S/C13H9N5/c1-2-4-15-11(3-1)13-17-7-10(8-18-13)12-9-14-5-6-16-12/h1-9H. The molecule has 86 valence electrons. The molecule has 0 fully saturated rings. The molecule has 0 saturated carbocycles. The van der Waals surface area contributed by atoms with Crippen LogP contribution in [-0.2, 0) is 0 Å². The van der Waals surface area contributed by atoms with Crippen molar-refractivity contribution in [1.29, 1.82) is 0 Å². The summed E-state index contributed by atoms with van der Waals surface area (Å²) in [5.41, 5.74) is 2.34. The van der Waals surface area contributed by atoms with Crippen LogP contribution in [0.15, 0.2) is 55.4 Å². The van der Waals surface area contributed by atoms with Crippen molar-refractivity contribution in [3.05, 3.63) is 55.4 Å². The van der Waals surface area contributed by atoms with Crippen LogP contribution >= 0.6 is 0 Å². The van der Waals surface area contributed by atoms with Crippen LogP contribution in [-0.4, -0.2) is 24.9 Å². The van der Waals surface area contributed by atoms with Crippen LogP contribution in [0.1, 0.15) is 0 Å². The Labute approximate surface area is 104 Å². The van der Waals surface area contributed by atoms with Crippen LogP contribution in [0.5, 0.6) is 0 Å². The molecular formula is C13H9N5. The lowest BCUT2D eigenvalue weighted by molar-refractivity contribution is 1.12. The molecule has 0 N–H and O–H groups in total. The number of hydrogen-bond acceptors (Lipinski definition) is 5. The quantitative estimate of drug-likeness (QED) is 0.679. The molecule has 0 aliphatic carbocycles. The fraction of sp³-hybridized carbons (Fsp3) is 0. The van der Waals surface area contributed by atoms with Crippen LogP contribution in [0.4, 0.5) is 0 Å². The van der Waals surface area contributed by atoms with Crippen LogP contribution < -0.4 is 0 Å². The molecule has 0 aliphatic rings. The van der Waals surface area contributed by atoms with Gasteiger partial charge < -0.3 is 0 Å². The number of pyridine rings is 1. The fourth-order valence-electron chi connectivity index (χ4n) is 1.54. The normalized spacial score (nSPS) is 10.2. The largest absolute Gasteiger partial charge is 0.261 e. The highest BCUT2D eigenvalue weighted by Crippen LogP contribution is 2.15. The summed E-state index contributed by atoms with van der Waals surface area (Å²) >= 11 is 0. The first-order valence-corrected chi connectivity index (χ1v) is 5.43. The van der Waals surface area contributed by atoms with Gasteiger partial charge in [0.05, 0.1) is 11.9 Å². The fourth-order valence-corrected chi connectivity index (χ4v) is 1.54. The summed E-state index contributed by atoms with van der Waals surface area (Å²) in [6.07, 6.45) is 10.1. The third-order valence-electron chi connectivity index (χ3n) is 2.40. The molecule has 3 aromatic rings. The van der Waals surface area contributed by atoms with Crippen molar-refractivity contribution in [3.8, 4) is 22.8 Å². The molecule has 0 aromatic carbocycles. The van der Waals surface area contributed by atoms with E-state index in [2.05, 4.69) is 24.9 Å². The second-order valence-corrected chi connectivity index (χ2v) is 3.60. The second-order valence-electron chi connectivity index (χ2n) is 3.60. The third kappa shape index (κ3) is 2.06. The number of hydrogen-bond donors (Lipinski definition) is 0. The topological polar surface area (TPSA) is 64.5 Å². The first-order chi connectivity index (χ1) is 8.93. The van der Waals surface area contributed by atoms with Crippen molar-refractivity contribution in [2.24, 2.45) is 0 Å². The van der Waals surface area contributed by atoms with Crippen molar-refractivity contribution < 1.29 is 0 Å². The third-order valence-corrected chi connectivity index (χ3v) is 2.40. The Balaban J connectivity index is 1.95. The summed E-state index contributed by atoms with van der Waals surface area (Å²) < 4.78 is 0. The predicted molar refractivity (Wildman–Crippen MR) is 66.3 cm³/mol. The van der Waals surface area contributed by atoms with Gasteiger partial charge in [-0.3, -0.25) is 15.0 Å². The van der Waals surface area contributed by atoms with Crippen molar-refractivity contribution in [2.75, 3.05) is 0 Å². The zero-order valence-corrected chi connectivity index (χ0v) is 9.43. The second kappa shape index (κ2) is 4.67. The van der Waals surface area contributed by atoms with Gasteiger partial charge in [-0.1, -0.05) is 6.07 Å². The SMILES string of the molecule is c1ccc(-c2ncc(-c3cnccn3)cn2)nc1. The van der Waals surface area contributed by atoms with Crippen molar-refractivity contribution in [3.63, 3.8) is 0 Å². The summed E-state index contributed by atoms with van der Waals surface area (Å²) in [6, 6.07) is 5.64. The zero-order chi connectivity index (χ0) is 12.2. The van der Waals surface area contributed by atoms with E-state index in [0.29, 0.717) is 5.82 Å². The van der Waals surface area contributed by atoms with E-state index in [1.54, 1.807) is 37.2 Å². The summed E-state index contributed by atoms with van der Waals surface area (Å²) in [7, 11) is 0. The maximum absolute atomic E-state index is 4.28. The average molecular weight is 235 g/mol. The lowest BCUT2D eigenvalue weighted by Gasteiger charge is -2.01. The van der Waals surface area contributed by atoms with Crippen molar-refractivity contribution >= 4 is 0 Å². The molecule has 3 rings (SSSR count). The first-order valence-electron chi connectivity index (χ1n) is 5.43. The van der Waals surface area contributed by atoms with E-state index >= 15 is 0 Å². The van der Waals surface area contributed by atoms with E-state index in [-0.39, 0.29) is 0 Å². The Morgan fingerprint density at radius 1 is 0.667 bits per heavy atom. The first kappa shape index (κ1) is 10.5. The molecule has 0 atom stereocenters. The molecule has 0 unspecified atom stereocenters. The van der Waals surface area contributed by atoms with Gasteiger partial charge in [0.15, 0.2) is 5.82 Å². The van der Waals surface area contributed by atoms with E-state index < -0.39 is 0 Å². The molecule has 5 heteroatoms. The highest BCUT2D eigenvalue weighted by atomic mass is 14.9. The molecule has 0 radical (unpaired) electrons. The number of rotatable bonds is 2. The van der Waals surface area contributed by atoms with Crippen LogP contribution in [0, 0.1) is 0 Å². The van der Waals surface area contributed by atoms with E-state index in [1.165, 1.54) is 0 Å². The molecule has 3 heterocycles. The molecule has 0 amide bonds. The molecule has 0 bridgehead atoms. The Bertz CT molecular complexity index is 564. The van der Waals surface area contributed by atoms with Gasteiger partial charge in [0.1, 0.15) is 5.69 Å². The number of aromatic nitrogens is 5. The van der Waals surface area contributed by atoms with Gasteiger partial charge in [0.2, 0.25) is 0 Å². The lowest BCUT2D eigenvalue weighted by Crippen LogP contribution is -1.92. The Morgan fingerprint density at radius 3 is 2.17 bits per heavy atom. The van der Waals surface area contributed by atoms with E-state index in [9.17, 15) is 0 Å². The van der Waals surface area contributed by atoms with Gasteiger partial charge in [-0.25, -0.2) is 9.97 Å². The van der Waals surface area contributed by atoms with Crippen LogP contribution in [0.2, 0.25) is 0 Å². The van der Waals surface area contributed by atoms with Gasteiger partial charge >= 0.3 is 0 Å². The molecule has 0 aliphatic heterocycles. The van der Waals surface area contributed by atoms with Gasteiger partial charge in [-0.05, 0) is 12.1 Å². The molecule has 3 aromatic heterocycles. The van der Waals surface area contributed by atoms with Crippen molar-refractivity contribution in [2.45, 2.75) is 0 Å². The van der Waals surface area contributed by atoms with Gasteiger partial charge in [-0.15, -0.1) is 0 Å². The van der Waals surface area contributed by atoms with Gasteiger partial charge in [0.25, 0.3) is 0 Å². The summed E-state index contributed by atoms with van der Waals surface area (Å²) in [6.45, 7) is 0. The summed E-state index contributed by atoms with van der Waals surface area (Å²) in [5.74, 6) is 0.600. The highest BCUT2D eigenvalue weighted by molar-refractivity contribution is 5.57.